The highest BCUT2D eigenvalue weighted by Crippen LogP contribution is 2.22. The largest absolute Gasteiger partial charge is 0.327 e. The van der Waals surface area contributed by atoms with E-state index in [1.807, 2.05) is 30.0 Å². The van der Waals surface area contributed by atoms with Gasteiger partial charge in [-0.1, -0.05) is 11.6 Å². The van der Waals surface area contributed by atoms with Crippen LogP contribution < -0.4 is 0 Å². The number of thioether (sulfide) groups is 1. The molecule has 0 amide bonds. The summed E-state index contributed by atoms with van der Waals surface area (Å²) in [6.45, 7) is 0.958. The van der Waals surface area contributed by atoms with Gasteiger partial charge in [0.2, 0.25) is 0 Å². The molecule has 2 aromatic rings. The monoisotopic (exact) mass is 302 g/mol. The van der Waals surface area contributed by atoms with E-state index in [2.05, 4.69) is 15.8 Å². The predicted octanol–water partition coefficient (Wildman–Crippen LogP) is 4.57. The highest BCUT2D eigenvalue weighted by atomic mass is 35.5. The Hall–Kier alpha value is -0.380. The second-order valence-electron chi connectivity index (χ2n) is 4.15. The molecule has 0 saturated heterocycles. The summed E-state index contributed by atoms with van der Waals surface area (Å²) < 4.78 is 2.19. The van der Waals surface area contributed by atoms with Crippen molar-refractivity contribution in [1.29, 1.82) is 0 Å². The average Bonchev–Trinajstić information content (AvgIpc) is 2.72. The molecule has 0 aliphatic carbocycles. The molecule has 0 saturated carbocycles. The summed E-state index contributed by atoms with van der Waals surface area (Å²) >= 11 is 13.9. The van der Waals surface area contributed by atoms with Crippen LogP contribution in [0, 0.1) is 0 Å². The zero-order chi connectivity index (χ0) is 13.0. The Kier molecular flexibility index (Phi) is 5.22. The molecule has 18 heavy (non-hydrogen) atoms. The van der Waals surface area contributed by atoms with E-state index in [-0.39, 0.29) is 0 Å². The Morgan fingerprint density at radius 2 is 2.17 bits per heavy atom. The minimum absolute atomic E-state index is 0.439. The van der Waals surface area contributed by atoms with Crippen LogP contribution in [0.15, 0.2) is 18.2 Å². The van der Waals surface area contributed by atoms with Crippen molar-refractivity contribution in [2.75, 3.05) is 12.0 Å². The Labute approximate surface area is 122 Å². The van der Waals surface area contributed by atoms with Gasteiger partial charge in [-0.25, -0.2) is 4.98 Å². The van der Waals surface area contributed by atoms with Gasteiger partial charge in [0.1, 0.15) is 5.82 Å². The first kappa shape index (κ1) is 14.0. The topological polar surface area (TPSA) is 17.8 Å². The van der Waals surface area contributed by atoms with Crippen molar-refractivity contribution in [1.82, 2.24) is 9.55 Å². The molecule has 0 unspecified atom stereocenters. The lowest BCUT2D eigenvalue weighted by Gasteiger charge is -2.07. The molecule has 2 rings (SSSR count). The van der Waals surface area contributed by atoms with Gasteiger partial charge >= 0.3 is 0 Å². The first-order valence-corrected chi connectivity index (χ1v) is 8.26. The van der Waals surface area contributed by atoms with Gasteiger partial charge in [-0.15, -0.1) is 11.6 Å². The normalized spacial score (nSPS) is 11.3. The summed E-state index contributed by atoms with van der Waals surface area (Å²) in [6.07, 6.45) is 4.49. The van der Waals surface area contributed by atoms with Gasteiger partial charge in [0, 0.05) is 11.6 Å². The molecule has 0 aliphatic rings. The van der Waals surface area contributed by atoms with E-state index in [1.165, 1.54) is 12.2 Å². The van der Waals surface area contributed by atoms with Gasteiger partial charge in [0.25, 0.3) is 0 Å². The van der Waals surface area contributed by atoms with E-state index in [0.29, 0.717) is 5.88 Å². The van der Waals surface area contributed by atoms with Crippen LogP contribution in [0.2, 0.25) is 5.02 Å². The molecule has 2 nitrogen and oxygen atoms in total. The Bertz CT molecular complexity index is 525. The second kappa shape index (κ2) is 6.69. The van der Waals surface area contributed by atoms with E-state index >= 15 is 0 Å². The van der Waals surface area contributed by atoms with E-state index in [0.717, 1.165) is 34.8 Å². The minimum Gasteiger partial charge on any atom is -0.327 e. The first-order chi connectivity index (χ1) is 8.76. The number of unbranched alkanes of at least 4 members (excludes halogenated alkanes) is 1. The molecule has 1 aromatic heterocycles. The smallest absolute Gasteiger partial charge is 0.124 e. The van der Waals surface area contributed by atoms with Crippen LogP contribution in [0.4, 0.5) is 0 Å². The number of alkyl halides is 1. The molecule has 0 bridgehead atoms. The maximum absolute atomic E-state index is 6.05. The van der Waals surface area contributed by atoms with Gasteiger partial charge in [0.05, 0.1) is 16.9 Å². The number of aryl methyl sites for hydroxylation is 1. The fourth-order valence-electron chi connectivity index (χ4n) is 2.01. The number of imidazole rings is 1. The fourth-order valence-corrected chi connectivity index (χ4v) is 2.88. The molecule has 98 valence electrons. The van der Waals surface area contributed by atoms with Gasteiger partial charge in [0.15, 0.2) is 0 Å². The summed E-state index contributed by atoms with van der Waals surface area (Å²) in [5, 5.41) is 0.744. The highest BCUT2D eigenvalue weighted by Gasteiger charge is 2.09. The van der Waals surface area contributed by atoms with Crippen LogP contribution in [-0.4, -0.2) is 21.6 Å². The summed E-state index contributed by atoms with van der Waals surface area (Å²) in [5.41, 5.74) is 2.06. The lowest BCUT2D eigenvalue weighted by atomic mass is 10.3. The second-order valence-corrected chi connectivity index (χ2v) is 5.84. The lowest BCUT2D eigenvalue weighted by Crippen LogP contribution is -2.02. The molecule has 5 heteroatoms. The molecule has 1 aromatic carbocycles. The van der Waals surface area contributed by atoms with Crippen molar-refractivity contribution in [2.24, 2.45) is 0 Å². The number of hydrogen-bond donors (Lipinski definition) is 0. The van der Waals surface area contributed by atoms with Gasteiger partial charge < -0.3 is 4.57 Å². The van der Waals surface area contributed by atoms with Crippen LogP contribution in [0.25, 0.3) is 11.0 Å². The van der Waals surface area contributed by atoms with Crippen molar-refractivity contribution < 1.29 is 0 Å². The summed E-state index contributed by atoms with van der Waals surface area (Å²) in [4.78, 5) is 4.54. The highest BCUT2D eigenvalue weighted by molar-refractivity contribution is 7.98. The van der Waals surface area contributed by atoms with Gasteiger partial charge in [-0.2, -0.15) is 11.8 Å². The SMILES string of the molecule is CSCCCCn1c(CCl)nc2ccc(Cl)cc21. The Balaban J connectivity index is 2.25. The Morgan fingerprint density at radius 3 is 2.89 bits per heavy atom. The maximum Gasteiger partial charge on any atom is 0.124 e. The number of aromatic nitrogens is 2. The zero-order valence-corrected chi connectivity index (χ0v) is 12.7. The number of rotatable bonds is 6. The molecule has 0 N–H and O–H groups in total. The van der Waals surface area contributed by atoms with Gasteiger partial charge in [-0.3, -0.25) is 0 Å². The van der Waals surface area contributed by atoms with Crippen LogP contribution in [0.5, 0.6) is 0 Å². The van der Waals surface area contributed by atoms with Crippen LogP contribution in [-0.2, 0) is 12.4 Å². The molecule has 1 heterocycles. The number of nitrogens with zero attached hydrogens (tertiary/aromatic N) is 2. The van der Waals surface area contributed by atoms with Crippen LogP contribution in [0.1, 0.15) is 18.7 Å². The summed E-state index contributed by atoms with van der Waals surface area (Å²) in [5.74, 6) is 2.57. The minimum atomic E-state index is 0.439. The fraction of sp³-hybridized carbons (Fsp3) is 0.462. The third-order valence-corrected chi connectivity index (χ3v) is 4.06. The molecule has 0 spiro atoms. The number of halogens is 2. The van der Waals surface area contributed by atoms with E-state index in [9.17, 15) is 0 Å². The molecule has 0 fully saturated rings. The van der Waals surface area contributed by atoms with Crippen molar-refractivity contribution in [3.63, 3.8) is 0 Å². The third kappa shape index (κ3) is 3.14. The lowest BCUT2D eigenvalue weighted by molar-refractivity contribution is 0.631. The number of fused-ring (bicyclic) bond motifs is 1. The number of hydrogen-bond acceptors (Lipinski definition) is 2. The summed E-state index contributed by atoms with van der Waals surface area (Å²) in [7, 11) is 0. The third-order valence-electron chi connectivity index (χ3n) is 2.89. The van der Waals surface area contributed by atoms with Crippen molar-refractivity contribution in [2.45, 2.75) is 25.3 Å². The molecular formula is C13H16Cl2N2S. The molecule has 0 radical (unpaired) electrons. The van der Waals surface area contributed by atoms with Crippen LogP contribution in [0.3, 0.4) is 0 Å². The quantitative estimate of drug-likeness (QED) is 0.574. The number of benzene rings is 1. The molecular weight excluding hydrogens is 287 g/mol. The van der Waals surface area contributed by atoms with E-state index in [4.69, 9.17) is 23.2 Å². The average molecular weight is 303 g/mol. The van der Waals surface area contributed by atoms with Crippen molar-refractivity contribution in [3.8, 4) is 0 Å². The van der Waals surface area contributed by atoms with Crippen molar-refractivity contribution in [3.05, 3.63) is 29.0 Å². The van der Waals surface area contributed by atoms with Gasteiger partial charge in [-0.05, 0) is 43.0 Å². The standard InChI is InChI=1S/C13H16Cl2N2S/c1-18-7-3-2-6-17-12-8-10(15)4-5-11(12)16-13(17)9-14/h4-5,8H,2-3,6-7,9H2,1H3. The molecule has 0 atom stereocenters. The zero-order valence-electron chi connectivity index (χ0n) is 10.3. The van der Waals surface area contributed by atoms with Crippen molar-refractivity contribution >= 4 is 46.0 Å². The molecule has 0 aliphatic heterocycles. The first-order valence-electron chi connectivity index (χ1n) is 5.96. The Morgan fingerprint density at radius 1 is 1.33 bits per heavy atom. The van der Waals surface area contributed by atoms with E-state index < -0.39 is 0 Å². The van der Waals surface area contributed by atoms with Crippen LogP contribution >= 0.6 is 35.0 Å². The summed E-state index contributed by atoms with van der Waals surface area (Å²) in [6, 6.07) is 5.79. The predicted molar refractivity (Wildman–Crippen MR) is 81.9 cm³/mol. The maximum atomic E-state index is 6.05. The van der Waals surface area contributed by atoms with E-state index in [1.54, 1.807) is 0 Å².